The standard InChI is InChI=1S/C8H14OS/c1-3-8(7-9-5-1)4-2-6-10-8/h1-7H2. The summed E-state index contributed by atoms with van der Waals surface area (Å²) in [4.78, 5) is 0. The van der Waals surface area contributed by atoms with E-state index in [2.05, 4.69) is 11.8 Å². The minimum atomic E-state index is 0.568. The topological polar surface area (TPSA) is 9.23 Å². The lowest BCUT2D eigenvalue weighted by Gasteiger charge is -2.31. The number of hydrogen-bond acceptors (Lipinski definition) is 2. The third-order valence-corrected chi connectivity index (χ3v) is 4.10. The number of hydrogen-bond donors (Lipinski definition) is 0. The molecule has 0 aromatic carbocycles. The van der Waals surface area contributed by atoms with E-state index in [0.717, 1.165) is 13.2 Å². The molecule has 2 rings (SSSR count). The molecule has 1 nitrogen and oxygen atoms in total. The van der Waals surface area contributed by atoms with E-state index in [0.29, 0.717) is 4.75 Å². The molecule has 58 valence electrons. The molecule has 10 heavy (non-hydrogen) atoms. The van der Waals surface area contributed by atoms with Crippen LogP contribution in [-0.2, 0) is 4.74 Å². The minimum absolute atomic E-state index is 0.568. The maximum atomic E-state index is 5.49. The van der Waals surface area contributed by atoms with Crippen LogP contribution in [0.15, 0.2) is 0 Å². The summed E-state index contributed by atoms with van der Waals surface area (Å²) in [6, 6.07) is 0. The summed E-state index contributed by atoms with van der Waals surface area (Å²) in [6.45, 7) is 2.03. The van der Waals surface area contributed by atoms with E-state index in [9.17, 15) is 0 Å². The maximum Gasteiger partial charge on any atom is 0.0613 e. The minimum Gasteiger partial charge on any atom is -0.380 e. The van der Waals surface area contributed by atoms with E-state index >= 15 is 0 Å². The van der Waals surface area contributed by atoms with Gasteiger partial charge in [-0.15, -0.1) is 0 Å². The van der Waals surface area contributed by atoms with Gasteiger partial charge in [-0.05, 0) is 31.4 Å². The fourth-order valence-corrected chi connectivity index (χ4v) is 3.36. The first kappa shape index (κ1) is 6.99. The van der Waals surface area contributed by atoms with Crippen LogP contribution in [0.2, 0.25) is 0 Å². The van der Waals surface area contributed by atoms with Crippen LogP contribution in [0.1, 0.15) is 25.7 Å². The second kappa shape index (κ2) is 2.74. The van der Waals surface area contributed by atoms with Gasteiger partial charge in [0.15, 0.2) is 0 Å². The van der Waals surface area contributed by atoms with Gasteiger partial charge in [0.2, 0.25) is 0 Å². The Morgan fingerprint density at radius 1 is 1.20 bits per heavy atom. The average Bonchev–Trinajstić information content (AvgIpc) is 2.39. The van der Waals surface area contributed by atoms with Crippen molar-refractivity contribution in [2.24, 2.45) is 0 Å². The summed E-state index contributed by atoms with van der Waals surface area (Å²) in [5.74, 6) is 1.36. The zero-order chi connectivity index (χ0) is 6.86. The molecule has 0 aliphatic carbocycles. The molecular weight excluding hydrogens is 144 g/mol. The highest BCUT2D eigenvalue weighted by Crippen LogP contribution is 2.43. The predicted molar refractivity (Wildman–Crippen MR) is 44.5 cm³/mol. The predicted octanol–water partition coefficient (Wildman–Crippen LogP) is 2.06. The molecule has 0 radical (unpaired) electrons. The van der Waals surface area contributed by atoms with Crippen molar-refractivity contribution in [2.75, 3.05) is 19.0 Å². The number of rotatable bonds is 0. The van der Waals surface area contributed by atoms with E-state index in [1.807, 2.05) is 0 Å². The van der Waals surface area contributed by atoms with Crippen molar-refractivity contribution < 1.29 is 4.74 Å². The summed E-state index contributed by atoms with van der Waals surface area (Å²) in [5.41, 5.74) is 0. The number of thioether (sulfide) groups is 1. The van der Waals surface area contributed by atoms with E-state index < -0.39 is 0 Å². The summed E-state index contributed by atoms with van der Waals surface area (Å²) in [5, 5.41) is 0. The monoisotopic (exact) mass is 158 g/mol. The van der Waals surface area contributed by atoms with Crippen molar-refractivity contribution in [3.63, 3.8) is 0 Å². The van der Waals surface area contributed by atoms with Crippen LogP contribution in [0.3, 0.4) is 0 Å². The fourth-order valence-electron chi connectivity index (χ4n) is 1.89. The lowest BCUT2D eigenvalue weighted by atomic mass is 9.97. The van der Waals surface area contributed by atoms with Gasteiger partial charge in [0, 0.05) is 11.4 Å². The first-order valence-corrected chi connectivity index (χ1v) is 5.12. The molecule has 0 aromatic heterocycles. The molecule has 2 heteroatoms. The molecule has 0 amide bonds. The largest absolute Gasteiger partial charge is 0.380 e. The van der Waals surface area contributed by atoms with Gasteiger partial charge >= 0.3 is 0 Å². The van der Waals surface area contributed by atoms with Crippen molar-refractivity contribution >= 4 is 11.8 Å². The van der Waals surface area contributed by atoms with Gasteiger partial charge < -0.3 is 4.74 Å². The smallest absolute Gasteiger partial charge is 0.0613 e. The summed E-state index contributed by atoms with van der Waals surface area (Å²) >= 11 is 2.14. The molecule has 2 fully saturated rings. The number of ether oxygens (including phenoxy) is 1. The Bertz CT molecular complexity index is 110. The van der Waals surface area contributed by atoms with Gasteiger partial charge in [-0.1, -0.05) is 0 Å². The molecule has 0 saturated carbocycles. The molecule has 1 atom stereocenters. The molecule has 2 aliphatic rings. The average molecular weight is 158 g/mol. The van der Waals surface area contributed by atoms with Crippen LogP contribution in [0.4, 0.5) is 0 Å². The fraction of sp³-hybridized carbons (Fsp3) is 1.00. The molecule has 2 aliphatic heterocycles. The van der Waals surface area contributed by atoms with E-state index in [4.69, 9.17) is 4.74 Å². The van der Waals surface area contributed by atoms with E-state index in [-0.39, 0.29) is 0 Å². The summed E-state index contributed by atoms with van der Waals surface area (Å²) in [7, 11) is 0. The Morgan fingerprint density at radius 2 is 2.10 bits per heavy atom. The van der Waals surface area contributed by atoms with Crippen LogP contribution >= 0.6 is 11.8 Å². The highest BCUT2D eigenvalue weighted by Gasteiger charge is 2.36. The third kappa shape index (κ3) is 1.19. The second-order valence-corrected chi connectivity index (χ2v) is 4.85. The van der Waals surface area contributed by atoms with Crippen LogP contribution in [0, 0.1) is 0 Å². The molecule has 2 saturated heterocycles. The van der Waals surface area contributed by atoms with Crippen molar-refractivity contribution in [1.82, 2.24) is 0 Å². The normalized spacial score (nSPS) is 40.8. The van der Waals surface area contributed by atoms with Crippen LogP contribution < -0.4 is 0 Å². The lowest BCUT2D eigenvalue weighted by molar-refractivity contribution is 0.0687. The quantitative estimate of drug-likeness (QED) is 0.533. The van der Waals surface area contributed by atoms with Crippen molar-refractivity contribution in [3.8, 4) is 0 Å². The summed E-state index contributed by atoms with van der Waals surface area (Å²) in [6.07, 6.45) is 5.50. The summed E-state index contributed by atoms with van der Waals surface area (Å²) < 4.78 is 6.05. The van der Waals surface area contributed by atoms with Crippen molar-refractivity contribution in [1.29, 1.82) is 0 Å². The highest BCUT2D eigenvalue weighted by molar-refractivity contribution is 8.00. The SMILES string of the molecule is C1COCC2(C1)CCCS2. The molecule has 1 spiro atoms. The van der Waals surface area contributed by atoms with Gasteiger partial charge in [0.05, 0.1) is 6.61 Å². The zero-order valence-electron chi connectivity index (χ0n) is 6.27. The van der Waals surface area contributed by atoms with E-state index in [1.54, 1.807) is 0 Å². The Morgan fingerprint density at radius 3 is 2.70 bits per heavy atom. The highest BCUT2D eigenvalue weighted by atomic mass is 32.2. The van der Waals surface area contributed by atoms with Gasteiger partial charge in [-0.2, -0.15) is 11.8 Å². The van der Waals surface area contributed by atoms with Gasteiger partial charge in [-0.25, -0.2) is 0 Å². The first-order valence-electron chi connectivity index (χ1n) is 4.13. The molecule has 2 heterocycles. The molecule has 0 aromatic rings. The van der Waals surface area contributed by atoms with Crippen molar-refractivity contribution in [2.45, 2.75) is 30.4 Å². The van der Waals surface area contributed by atoms with Gasteiger partial charge in [0.25, 0.3) is 0 Å². The maximum absolute atomic E-state index is 5.49. The first-order chi connectivity index (χ1) is 4.91. The Labute approximate surface area is 66.5 Å². The Hall–Kier alpha value is 0.310. The Balaban J connectivity index is 1.98. The van der Waals surface area contributed by atoms with Gasteiger partial charge in [-0.3, -0.25) is 0 Å². The third-order valence-electron chi connectivity index (χ3n) is 2.47. The van der Waals surface area contributed by atoms with E-state index in [1.165, 1.54) is 31.4 Å². The van der Waals surface area contributed by atoms with Crippen LogP contribution in [-0.4, -0.2) is 23.7 Å². The molecular formula is C8H14OS. The van der Waals surface area contributed by atoms with Crippen LogP contribution in [0.5, 0.6) is 0 Å². The van der Waals surface area contributed by atoms with Gasteiger partial charge in [0.1, 0.15) is 0 Å². The lowest BCUT2D eigenvalue weighted by Crippen LogP contribution is -2.32. The van der Waals surface area contributed by atoms with Crippen LogP contribution in [0.25, 0.3) is 0 Å². The molecule has 0 N–H and O–H groups in total. The van der Waals surface area contributed by atoms with Crippen molar-refractivity contribution in [3.05, 3.63) is 0 Å². The molecule has 0 bridgehead atoms. The Kier molecular flexibility index (Phi) is 1.92. The molecule has 1 unspecified atom stereocenters. The zero-order valence-corrected chi connectivity index (χ0v) is 7.08. The second-order valence-electron chi connectivity index (χ2n) is 3.29.